The molecule has 2 amide bonds. The van der Waals surface area contributed by atoms with Crippen molar-refractivity contribution < 1.29 is 9.59 Å². The molecule has 0 spiro atoms. The number of aromatic nitrogens is 4. The molecule has 1 fully saturated rings. The first-order chi connectivity index (χ1) is 15.1. The van der Waals surface area contributed by atoms with Crippen LogP contribution in [0.1, 0.15) is 61.3 Å². The van der Waals surface area contributed by atoms with Gasteiger partial charge in [0.1, 0.15) is 4.88 Å². The van der Waals surface area contributed by atoms with Crippen molar-refractivity contribution >= 4 is 23.3 Å². The molecule has 1 aromatic carbocycles. The van der Waals surface area contributed by atoms with Gasteiger partial charge in [0.05, 0.1) is 23.1 Å². The number of nitrogens with zero attached hydrogens (tertiary/aromatic N) is 5. The zero-order valence-electron chi connectivity index (χ0n) is 17.4. The minimum atomic E-state index is -0.00107. The topological polar surface area (TPSA) is 95.1 Å². The Bertz CT molecular complexity index is 1110. The number of carbonyl (C=O) groups excluding carboxylic acids is 2. The van der Waals surface area contributed by atoms with Crippen LogP contribution in [-0.2, 0) is 13.0 Å². The Morgan fingerprint density at radius 2 is 1.84 bits per heavy atom. The maximum atomic E-state index is 13.3. The van der Waals surface area contributed by atoms with Crippen molar-refractivity contribution in [2.45, 2.75) is 38.6 Å². The van der Waals surface area contributed by atoms with Crippen LogP contribution in [0.25, 0.3) is 0 Å². The van der Waals surface area contributed by atoms with Gasteiger partial charge in [-0.3, -0.25) is 14.7 Å². The standard InChI is InChI=1S/C22H24N6O2S/c1-14-20(31-26-24-14)22(30)27-9-7-16(8-10-27)19-18(12-23-25-19)21(29)28-11-6-15-4-2-3-5-17(15)13-28/h2-5,12,16H,6-11,13H2,1H3,(H,23,25). The highest BCUT2D eigenvalue weighted by molar-refractivity contribution is 7.07. The van der Waals surface area contributed by atoms with E-state index in [4.69, 9.17) is 0 Å². The van der Waals surface area contributed by atoms with Crippen molar-refractivity contribution in [2.75, 3.05) is 19.6 Å². The highest BCUT2D eigenvalue weighted by atomic mass is 32.1. The van der Waals surface area contributed by atoms with Crippen LogP contribution < -0.4 is 0 Å². The molecule has 1 saturated heterocycles. The van der Waals surface area contributed by atoms with E-state index in [1.54, 1.807) is 6.20 Å². The zero-order valence-corrected chi connectivity index (χ0v) is 18.2. The molecule has 160 valence electrons. The summed E-state index contributed by atoms with van der Waals surface area (Å²) in [6.45, 7) is 4.45. The lowest BCUT2D eigenvalue weighted by Crippen LogP contribution is -2.39. The second-order valence-electron chi connectivity index (χ2n) is 8.20. The highest BCUT2D eigenvalue weighted by Crippen LogP contribution is 2.31. The van der Waals surface area contributed by atoms with Crippen molar-refractivity contribution in [3.63, 3.8) is 0 Å². The number of amides is 2. The number of fused-ring (bicyclic) bond motifs is 1. The largest absolute Gasteiger partial charge is 0.338 e. The molecular weight excluding hydrogens is 412 g/mol. The average Bonchev–Trinajstić information content (AvgIpc) is 3.47. The number of nitrogens with one attached hydrogen (secondary N) is 1. The summed E-state index contributed by atoms with van der Waals surface area (Å²) in [5.41, 5.74) is 4.77. The highest BCUT2D eigenvalue weighted by Gasteiger charge is 2.31. The summed E-state index contributed by atoms with van der Waals surface area (Å²) in [6, 6.07) is 8.31. The van der Waals surface area contributed by atoms with Crippen LogP contribution in [0.15, 0.2) is 30.5 Å². The van der Waals surface area contributed by atoms with Gasteiger partial charge < -0.3 is 9.80 Å². The third kappa shape index (κ3) is 3.74. The Morgan fingerprint density at radius 3 is 2.58 bits per heavy atom. The fourth-order valence-electron chi connectivity index (χ4n) is 4.56. The first kappa shape index (κ1) is 19.9. The number of benzene rings is 1. The second-order valence-corrected chi connectivity index (χ2v) is 8.95. The van der Waals surface area contributed by atoms with E-state index in [1.807, 2.05) is 28.9 Å². The SMILES string of the molecule is Cc1nnsc1C(=O)N1CCC(c2[nH]ncc2C(=O)N2CCc3ccccc3C2)CC1. The number of hydrogen-bond acceptors (Lipinski definition) is 6. The lowest BCUT2D eigenvalue weighted by molar-refractivity contribution is 0.0703. The number of likely N-dealkylation sites (tertiary alicyclic amines) is 1. The summed E-state index contributed by atoms with van der Waals surface area (Å²) in [5.74, 6) is 0.213. The molecule has 31 heavy (non-hydrogen) atoms. The number of H-pyrrole nitrogens is 1. The van der Waals surface area contributed by atoms with E-state index in [0.717, 1.165) is 43.0 Å². The summed E-state index contributed by atoms with van der Waals surface area (Å²) in [4.78, 5) is 30.4. The van der Waals surface area contributed by atoms with Gasteiger partial charge in [-0.05, 0) is 48.8 Å². The minimum absolute atomic E-state index is 0.00107. The third-order valence-electron chi connectivity index (χ3n) is 6.35. The minimum Gasteiger partial charge on any atom is -0.338 e. The molecule has 3 aromatic rings. The molecule has 0 radical (unpaired) electrons. The van der Waals surface area contributed by atoms with Crippen LogP contribution in [0.3, 0.4) is 0 Å². The molecule has 0 saturated carbocycles. The summed E-state index contributed by atoms with van der Waals surface area (Å²) >= 11 is 1.15. The van der Waals surface area contributed by atoms with Gasteiger partial charge in [-0.2, -0.15) is 5.10 Å². The molecule has 0 unspecified atom stereocenters. The van der Waals surface area contributed by atoms with Crippen LogP contribution in [-0.4, -0.2) is 61.0 Å². The van der Waals surface area contributed by atoms with Gasteiger partial charge in [-0.15, -0.1) is 5.10 Å². The molecule has 2 aliphatic heterocycles. The number of rotatable bonds is 3. The van der Waals surface area contributed by atoms with E-state index < -0.39 is 0 Å². The average molecular weight is 437 g/mol. The van der Waals surface area contributed by atoms with E-state index in [-0.39, 0.29) is 17.7 Å². The normalized spacial score (nSPS) is 16.9. The molecule has 0 atom stereocenters. The van der Waals surface area contributed by atoms with Gasteiger partial charge in [0.2, 0.25) is 0 Å². The number of carbonyl (C=O) groups is 2. The van der Waals surface area contributed by atoms with Crippen molar-refractivity contribution in [1.29, 1.82) is 0 Å². The van der Waals surface area contributed by atoms with Gasteiger partial charge in [0.25, 0.3) is 11.8 Å². The molecule has 0 bridgehead atoms. The summed E-state index contributed by atoms with van der Waals surface area (Å²) in [6.07, 6.45) is 4.12. The molecule has 8 nitrogen and oxygen atoms in total. The summed E-state index contributed by atoms with van der Waals surface area (Å²) < 4.78 is 3.87. The number of aromatic amines is 1. The fourth-order valence-corrected chi connectivity index (χ4v) is 5.18. The first-order valence-corrected chi connectivity index (χ1v) is 11.4. The maximum Gasteiger partial charge on any atom is 0.267 e. The van der Waals surface area contributed by atoms with Crippen molar-refractivity contribution in [3.8, 4) is 0 Å². The Balaban J connectivity index is 1.26. The Morgan fingerprint density at radius 1 is 1.06 bits per heavy atom. The van der Waals surface area contributed by atoms with Crippen LogP contribution in [0.4, 0.5) is 0 Å². The van der Waals surface area contributed by atoms with E-state index in [0.29, 0.717) is 35.8 Å². The molecule has 9 heteroatoms. The lowest BCUT2D eigenvalue weighted by Gasteiger charge is -2.32. The van der Waals surface area contributed by atoms with Crippen LogP contribution in [0.5, 0.6) is 0 Å². The van der Waals surface area contributed by atoms with Crippen molar-refractivity contribution in [2.24, 2.45) is 0 Å². The lowest BCUT2D eigenvalue weighted by atomic mass is 9.90. The zero-order chi connectivity index (χ0) is 21.4. The Hall–Kier alpha value is -3.07. The smallest absolute Gasteiger partial charge is 0.267 e. The van der Waals surface area contributed by atoms with Crippen LogP contribution >= 0.6 is 11.5 Å². The molecular formula is C22H24N6O2S. The monoisotopic (exact) mass is 436 g/mol. The molecule has 5 rings (SSSR count). The Kier molecular flexibility index (Phi) is 5.27. The number of hydrogen-bond donors (Lipinski definition) is 1. The number of piperidine rings is 1. The van der Waals surface area contributed by atoms with Gasteiger partial charge in [0, 0.05) is 32.1 Å². The maximum absolute atomic E-state index is 13.3. The molecule has 2 aliphatic rings. The van der Waals surface area contributed by atoms with Gasteiger partial charge in [0.15, 0.2) is 0 Å². The Labute approximate surface area is 184 Å². The summed E-state index contributed by atoms with van der Waals surface area (Å²) in [5, 5.41) is 11.2. The van der Waals surface area contributed by atoms with Gasteiger partial charge in [-0.25, -0.2) is 0 Å². The fraction of sp³-hybridized carbons (Fsp3) is 0.409. The van der Waals surface area contributed by atoms with Crippen LogP contribution in [0.2, 0.25) is 0 Å². The molecule has 4 heterocycles. The summed E-state index contributed by atoms with van der Waals surface area (Å²) in [7, 11) is 0. The molecule has 1 N–H and O–H groups in total. The van der Waals surface area contributed by atoms with E-state index in [2.05, 4.69) is 31.9 Å². The first-order valence-electron chi connectivity index (χ1n) is 10.6. The van der Waals surface area contributed by atoms with Gasteiger partial charge in [-0.1, -0.05) is 28.8 Å². The predicted molar refractivity (Wildman–Crippen MR) is 116 cm³/mol. The molecule has 0 aliphatic carbocycles. The van der Waals surface area contributed by atoms with E-state index in [1.165, 1.54) is 11.1 Å². The van der Waals surface area contributed by atoms with E-state index >= 15 is 0 Å². The molecule has 2 aromatic heterocycles. The predicted octanol–water partition coefficient (Wildman–Crippen LogP) is 2.79. The van der Waals surface area contributed by atoms with Crippen molar-refractivity contribution in [1.82, 2.24) is 29.6 Å². The van der Waals surface area contributed by atoms with E-state index in [9.17, 15) is 9.59 Å². The second kappa shape index (κ2) is 8.22. The van der Waals surface area contributed by atoms with Crippen LogP contribution in [0, 0.1) is 6.92 Å². The van der Waals surface area contributed by atoms with Crippen molar-refractivity contribution in [3.05, 3.63) is 63.4 Å². The number of aryl methyl sites for hydroxylation is 1. The quantitative estimate of drug-likeness (QED) is 0.681. The third-order valence-corrected chi connectivity index (χ3v) is 7.17. The van der Waals surface area contributed by atoms with Gasteiger partial charge >= 0.3 is 0 Å².